The number of carbonyl (C=O) groups excluding carboxylic acids is 2. The molecule has 25 heavy (non-hydrogen) atoms. The lowest BCUT2D eigenvalue weighted by molar-refractivity contribution is -0.124. The first-order chi connectivity index (χ1) is 11.6. The standard InChI is InChI=1S/C16H20F3N3O3/c1-10-2-3-11(13(23)21-9-16(17,18)19)8-12(10)22-14(24)15(20)4-6-25-7-5-15/h2-3,8H,4-7,9,20H2,1H3,(H,21,23)(H,22,24). The van der Waals surface area contributed by atoms with Crippen molar-refractivity contribution in [2.75, 3.05) is 25.1 Å². The van der Waals surface area contributed by atoms with Gasteiger partial charge < -0.3 is 21.1 Å². The fraction of sp³-hybridized carbons (Fsp3) is 0.500. The number of anilines is 1. The molecule has 1 fully saturated rings. The molecule has 2 rings (SSSR count). The van der Waals surface area contributed by atoms with Crippen molar-refractivity contribution in [1.82, 2.24) is 5.32 Å². The van der Waals surface area contributed by atoms with Crippen LogP contribution in [0, 0.1) is 6.92 Å². The number of hydrogen-bond donors (Lipinski definition) is 3. The average molecular weight is 359 g/mol. The third-order valence-corrected chi connectivity index (χ3v) is 4.03. The van der Waals surface area contributed by atoms with E-state index in [9.17, 15) is 22.8 Å². The Morgan fingerprint density at radius 3 is 2.52 bits per heavy atom. The zero-order chi connectivity index (χ0) is 18.7. The van der Waals surface area contributed by atoms with Gasteiger partial charge in [-0.25, -0.2) is 0 Å². The number of nitrogens with two attached hydrogens (primary N) is 1. The van der Waals surface area contributed by atoms with E-state index in [1.165, 1.54) is 12.1 Å². The molecule has 0 atom stereocenters. The first-order valence-electron chi connectivity index (χ1n) is 7.74. The van der Waals surface area contributed by atoms with Crippen LogP contribution in [-0.2, 0) is 9.53 Å². The molecule has 4 N–H and O–H groups in total. The molecule has 0 bridgehead atoms. The Morgan fingerprint density at radius 1 is 1.28 bits per heavy atom. The number of rotatable bonds is 4. The maximum absolute atomic E-state index is 12.4. The van der Waals surface area contributed by atoms with Crippen LogP contribution in [0.3, 0.4) is 0 Å². The molecule has 0 saturated carbocycles. The molecule has 1 aliphatic heterocycles. The van der Waals surface area contributed by atoms with E-state index in [1.807, 2.05) is 0 Å². The minimum atomic E-state index is -4.49. The van der Waals surface area contributed by atoms with Crippen LogP contribution >= 0.6 is 0 Å². The first kappa shape index (κ1) is 19.2. The maximum atomic E-state index is 12.4. The Balaban J connectivity index is 2.10. The zero-order valence-electron chi connectivity index (χ0n) is 13.7. The largest absolute Gasteiger partial charge is 0.405 e. The lowest BCUT2D eigenvalue weighted by Gasteiger charge is -2.32. The quantitative estimate of drug-likeness (QED) is 0.763. The summed E-state index contributed by atoms with van der Waals surface area (Å²) >= 11 is 0. The van der Waals surface area contributed by atoms with Crippen LogP contribution in [0.2, 0.25) is 0 Å². The Bertz CT molecular complexity index is 656. The molecule has 9 heteroatoms. The molecule has 0 radical (unpaired) electrons. The molecule has 1 saturated heterocycles. The minimum Gasteiger partial charge on any atom is -0.381 e. The predicted octanol–water partition coefficient (Wildman–Crippen LogP) is 1.73. The number of aryl methyl sites for hydroxylation is 1. The van der Waals surface area contributed by atoms with Crippen molar-refractivity contribution in [3.8, 4) is 0 Å². The highest BCUT2D eigenvalue weighted by Gasteiger charge is 2.36. The fourth-order valence-electron chi connectivity index (χ4n) is 2.39. The van der Waals surface area contributed by atoms with Crippen LogP contribution in [0.25, 0.3) is 0 Å². The van der Waals surface area contributed by atoms with Gasteiger partial charge in [0.25, 0.3) is 5.91 Å². The summed E-state index contributed by atoms with van der Waals surface area (Å²) in [6.07, 6.45) is -3.76. The normalized spacial score (nSPS) is 17.0. The van der Waals surface area contributed by atoms with Gasteiger partial charge >= 0.3 is 6.18 Å². The van der Waals surface area contributed by atoms with E-state index in [0.717, 1.165) is 0 Å². The van der Waals surface area contributed by atoms with Crippen molar-refractivity contribution in [3.63, 3.8) is 0 Å². The molecule has 0 unspecified atom stereocenters. The van der Waals surface area contributed by atoms with Gasteiger partial charge in [-0.2, -0.15) is 13.2 Å². The molecule has 1 heterocycles. The summed E-state index contributed by atoms with van der Waals surface area (Å²) in [6, 6.07) is 4.27. The van der Waals surface area contributed by atoms with Gasteiger partial charge in [0.05, 0.1) is 0 Å². The van der Waals surface area contributed by atoms with E-state index in [-0.39, 0.29) is 5.56 Å². The second kappa shape index (κ2) is 7.40. The molecule has 2 amide bonds. The average Bonchev–Trinajstić information content (AvgIpc) is 2.54. The molecule has 0 spiro atoms. The second-order valence-electron chi connectivity index (χ2n) is 6.05. The number of ether oxygens (including phenoxy) is 1. The van der Waals surface area contributed by atoms with Gasteiger partial charge in [-0.15, -0.1) is 0 Å². The van der Waals surface area contributed by atoms with Gasteiger partial charge in [0.15, 0.2) is 0 Å². The van der Waals surface area contributed by atoms with Crippen LogP contribution in [-0.4, -0.2) is 43.3 Å². The number of benzene rings is 1. The number of hydrogen-bond acceptors (Lipinski definition) is 4. The fourth-order valence-corrected chi connectivity index (χ4v) is 2.39. The lowest BCUT2D eigenvalue weighted by atomic mass is 9.90. The molecule has 138 valence electrons. The Kier molecular flexibility index (Phi) is 5.69. The van der Waals surface area contributed by atoms with E-state index in [1.54, 1.807) is 18.3 Å². The highest BCUT2D eigenvalue weighted by molar-refractivity contribution is 6.01. The third-order valence-electron chi connectivity index (χ3n) is 4.03. The second-order valence-corrected chi connectivity index (χ2v) is 6.05. The highest BCUT2D eigenvalue weighted by atomic mass is 19.4. The Labute approximate surface area is 142 Å². The van der Waals surface area contributed by atoms with Gasteiger partial charge in [0.2, 0.25) is 5.91 Å². The summed E-state index contributed by atoms with van der Waals surface area (Å²) in [6.45, 7) is 1.04. The van der Waals surface area contributed by atoms with Crippen LogP contribution in [0.1, 0.15) is 28.8 Å². The summed E-state index contributed by atoms with van der Waals surface area (Å²) < 4.78 is 41.8. The molecule has 6 nitrogen and oxygen atoms in total. The summed E-state index contributed by atoms with van der Waals surface area (Å²) in [5, 5.41) is 4.46. The first-order valence-corrected chi connectivity index (χ1v) is 7.74. The molecule has 0 aliphatic carbocycles. The molecule has 1 aromatic rings. The SMILES string of the molecule is Cc1ccc(C(=O)NCC(F)(F)F)cc1NC(=O)C1(N)CCOCC1. The minimum absolute atomic E-state index is 0.0169. The van der Waals surface area contributed by atoms with Crippen molar-refractivity contribution in [1.29, 1.82) is 0 Å². The van der Waals surface area contributed by atoms with Crippen molar-refractivity contribution < 1.29 is 27.5 Å². The summed E-state index contributed by atoms with van der Waals surface area (Å²) in [5.41, 5.74) is 6.04. The molecule has 0 aromatic heterocycles. The van der Waals surface area contributed by atoms with Gasteiger partial charge in [0.1, 0.15) is 12.1 Å². The smallest absolute Gasteiger partial charge is 0.381 e. The van der Waals surface area contributed by atoms with E-state index >= 15 is 0 Å². The zero-order valence-corrected chi connectivity index (χ0v) is 13.7. The summed E-state index contributed by atoms with van der Waals surface area (Å²) in [7, 11) is 0. The lowest BCUT2D eigenvalue weighted by Crippen LogP contribution is -2.54. The van der Waals surface area contributed by atoms with Crippen molar-refractivity contribution >= 4 is 17.5 Å². The molecule has 1 aliphatic rings. The third kappa shape index (κ3) is 5.17. The maximum Gasteiger partial charge on any atom is 0.405 e. The van der Waals surface area contributed by atoms with Crippen molar-refractivity contribution in [2.24, 2.45) is 5.73 Å². The topological polar surface area (TPSA) is 93.5 Å². The number of alkyl halides is 3. The van der Waals surface area contributed by atoms with Gasteiger partial charge in [-0.3, -0.25) is 9.59 Å². The monoisotopic (exact) mass is 359 g/mol. The number of amides is 2. The van der Waals surface area contributed by atoms with Crippen LogP contribution in [0.4, 0.5) is 18.9 Å². The van der Waals surface area contributed by atoms with Crippen molar-refractivity contribution in [2.45, 2.75) is 31.5 Å². The van der Waals surface area contributed by atoms with Gasteiger partial charge in [-0.05, 0) is 37.5 Å². The number of halogens is 3. The van der Waals surface area contributed by atoms with Gasteiger partial charge in [-0.1, -0.05) is 6.07 Å². The van der Waals surface area contributed by atoms with E-state index in [4.69, 9.17) is 10.5 Å². The molecular formula is C16H20F3N3O3. The van der Waals surface area contributed by atoms with Crippen LogP contribution in [0.15, 0.2) is 18.2 Å². The Morgan fingerprint density at radius 2 is 1.92 bits per heavy atom. The van der Waals surface area contributed by atoms with Crippen molar-refractivity contribution in [3.05, 3.63) is 29.3 Å². The predicted molar refractivity (Wildman–Crippen MR) is 85.2 cm³/mol. The molecule has 1 aromatic carbocycles. The summed E-state index contributed by atoms with van der Waals surface area (Å²) in [4.78, 5) is 24.3. The Hall–Kier alpha value is -2.13. The van der Waals surface area contributed by atoms with E-state index in [2.05, 4.69) is 5.32 Å². The van der Waals surface area contributed by atoms with Crippen LogP contribution in [0.5, 0.6) is 0 Å². The van der Waals surface area contributed by atoms with Gasteiger partial charge in [0, 0.05) is 24.5 Å². The van der Waals surface area contributed by atoms with E-state index in [0.29, 0.717) is 37.3 Å². The molecular weight excluding hydrogens is 339 g/mol. The number of nitrogens with one attached hydrogen (secondary N) is 2. The van der Waals surface area contributed by atoms with E-state index < -0.39 is 30.1 Å². The summed E-state index contributed by atoms with van der Waals surface area (Å²) in [5.74, 6) is -1.28. The number of carbonyl (C=O) groups is 2. The highest BCUT2D eigenvalue weighted by Crippen LogP contribution is 2.23. The van der Waals surface area contributed by atoms with Crippen LogP contribution < -0.4 is 16.4 Å².